The Kier molecular flexibility index (Phi) is 4.13. The third-order valence-corrected chi connectivity index (χ3v) is 3.54. The molecule has 0 saturated carbocycles. The molecule has 2 aromatic heterocycles. The molecule has 9 nitrogen and oxygen atoms in total. The molecule has 0 unspecified atom stereocenters. The van der Waals surface area contributed by atoms with E-state index in [9.17, 15) is 10.1 Å². The summed E-state index contributed by atoms with van der Waals surface area (Å²) < 4.78 is 1.74. The number of nitrogens with zero attached hydrogens (tertiary/aromatic N) is 6. The molecule has 0 aromatic carbocycles. The summed E-state index contributed by atoms with van der Waals surface area (Å²) in [4.78, 5) is 18.6. The van der Waals surface area contributed by atoms with Crippen molar-refractivity contribution in [3.63, 3.8) is 0 Å². The average Bonchev–Trinajstić information content (AvgIpc) is 2.71. The van der Waals surface area contributed by atoms with Crippen LogP contribution in [0.1, 0.15) is 12.7 Å². The van der Waals surface area contributed by atoms with Crippen molar-refractivity contribution < 1.29 is 4.92 Å². The zero-order valence-corrected chi connectivity index (χ0v) is 12.0. The maximum Gasteiger partial charge on any atom is 0.320 e. The second kappa shape index (κ2) is 5.82. The molecule has 0 bridgehead atoms. The maximum atomic E-state index is 11.0. The Balaban J connectivity index is 2.39. The fourth-order valence-electron chi connectivity index (χ4n) is 1.37. The van der Waals surface area contributed by atoms with Crippen molar-refractivity contribution >= 4 is 23.4 Å². The number of aromatic nitrogens is 5. The van der Waals surface area contributed by atoms with Crippen LogP contribution in [0.15, 0.2) is 16.4 Å². The number of nitrogens with one attached hydrogen (secondary N) is 1. The Morgan fingerprint density at radius 1 is 1.50 bits per heavy atom. The van der Waals surface area contributed by atoms with Crippen LogP contribution in [0.3, 0.4) is 0 Å². The van der Waals surface area contributed by atoms with Gasteiger partial charge in [-0.2, -0.15) is 4.98 Å². The number of anilines is 1. The molecule has 0 aliphatic rings. The zero-order valence-electron chi connectivity index (χ0n) is 11.2. The van der Waals surface area contributed by atoms with E-state index in [1.54, 1.807) is 18.5 Å². The van der Waals surface area contributed by atoms with Gasteiger partial charge >= 0.3 is 5.69 Å². The predicted octanol–water partition coefficient (Wildman–Crippen LogP) is 1.40. The Labute approximate surface area is 119 Å². The average molecular weight is 295 g/mol. The van der Waals surface area contributed by atoms with Gasteiger partial charge in [-0.05, 0) is 25.6 Å². The first-order chi connectivity index (χ1) is 9.52. The largest absolute Gasteiger partial charge is 0.354 e. The Morgan fingerprint density at radius 3 is 2.80 bits per heavy atom. The first-order valence-corrected chi connectivity index (χ1v) is 6.63. The van der Waals surface area contributed by atoms with Crippen LogP contribution >= 0.6 is 11.8 Å². The molecule has 0 amide bonds. The monoisotopic (exact) mass is 295 g/mol. The van der Waals surface area contributed by atoms with Gasteiger partial charge in [-0.25, -0.2) is 4.98 Å². The lowest BCUT2D eigenvalue weighted by atomic mass is 10.5. The summed E-state index contributed by atoms with van der Waals surface area (Å²) in [6.45, 7) is 4.32. The van der Waals surface area contributed by atoms with Gasteiger partial charge in [-0.3, -0.25) is 10.1 Å². The normalized spacial score (nSPS) is 10.6. The summed E-state index contributed by atoms with van der Waals surface area (Å²) in [5.74, 6) is 1.07. The number of rotatable bonds is 5. The molecule has 2 heterocycles. The van der Waals surface area contributed by atoms with E-state index in [4.69, 9.17) is 0 Å². The highest BCUT2D eigenvalue weighted by Crippen LogP contribution is 2.32. The smallest absolute Gasteiger partial charge is 0.320 e. The molecule has 0 aliphatic carbocycles. The molecule has 0 fully saturated rings. The van der Waals surface area contributed by atoms with Gasteiger partial charge in [0.05, 0.1) is 4.92 Å². The van der Waals surface area contributed by atoms with Gasteiger partial charge < -0.3 is 9.88 Å². The van der Waals surface area contributed by atoms with Crippen LogP contribution in [0.4, 0.5) is 11.6 Å². The Morgan fingerprint density at radius 2 is 2.25 bits per heavy atom. The lowest BCUT2D eigenvalue weighted by Crippen LogP contribution is -2.05. The first kappa shape index (κ1) is 14.2. The van der Waals surface area contributed by atoms with E-state index in [2.05, 4.69) is 25.5 Å². The van der Waals surface area contributed by atoms with E-state index in [0.29, 0.717) is 17.6 Å². The summed E-state index contributed by atoms with van der Waals surface area (Å²) >= 11 is 1.09. The fraction of sp³-hybridized carbons (Fsp3) is 0.400. The minimum atomic E-state index is -0.513. The van der Waals surface area contributed by atoms with Crippen molar-refractivity contribution in [2.45, 2.75) is 24.0 Å². The molecular formula is C10H13N7O2S. The molecule has 0 aliphatic heterocycles. The molecule has 1 N–H and O–H groups in total. The van der Waals surface area contributed by atoms with E-state index < -0.39 is 4.92 Å². The molecule has 106 valence electrons. The number of hydrogen-bond donors (Lipinski definition) is 1. The quantitative estimate of drug-likeness (QED) is 0.500. The van der Waals surface area contributed by atoms with Gasteiger partial charge in [-0.1, -0.05) is 0 Å². The van der Waals surface area contributed by atoms with Crippen LogP contribution in [-0.2, 0) is 7.05 Å². The van der Waals surface area contributed by atoms with Crippen molar-refractivity contribution in [2.75, 3.05) is 11.9 Å². The van der Waals surface area contributed by atoms with E-state index in [-0.39, 0.29) is 10.7 Å². The van der Waals surface area contributed by atoms with Gasteiger partial charge in [0.2, 0.25) is 5.95 Å². The van der Waals surface area contributed by atoms with Crippen LogP contribution in [0, 0.1) is 17.0 Å². The minimum Gasteiger partial charge on any atom is -0.354 e. The van der Waals surface area contributed by atoms with E-state index >= 15 is 0 Å². The third kappa shape index (κ3) is 2.85. The molecule has 2 aromatic rings. The van der Waals surface area contributed by atoms with Gasteiger partial charge in [0, 0.05) is 13.6 Å². The van der Waals surface area contributed by atoms with Gasteiger partial charge in [0.15, 0.2) is 10.2 Å². The van der Waals surface area contributed by atoms with Crippen molar-refractivity contribution in [3.05, 3.63) is 22.1 Å². The molecular weight excluding hydrogens is 282 g/mol. The van der Waals surface area contributed by atoms with Gasteiger partial charge in [0.1, 0.15) is 12.0 Å². The number of aryl methyl sites for hydroxylation is 1. The van der Waals surface area contributed by atoms with E-state index in [0.717, 1.165) is 17.6 Å². The van der Waals surface area contributed by atoms with Crippen LogP contribution < -0.4 is 5.32 Å². The van der Waals surface area contributed by atoms with Crippen LogP contribution in [0.2, 0.25) is 0 Å². The Hall–Kier alpha value is -2.23. The molecule has 2 rings (SSSR count). The van der Waals surface area contributed by atoms with Crippen LogP contribution in [0.5, 0.6) is 0 Å². The summed E-state index contributed by atoms with van der Waals surface area (Å²) in [6, 6.07) is 0. The van der Waals surface area contributed by atoms with E-state index in [1.807, 2.05) is 6.92 Å². The molecule has 10 heteroatoms. The molecule has 20 heavy (non-hydrogen) atoms. The van der Waals surface area contributed by atoms with Crippen LogP contribution in [0.25, 0.3) is 0 Å². The summed E-state index contributed by atoms with van der Waals surface area (Å²) in [6.07, 6.45) is 1.19. The zero-order chi connectivity index (χ0) is 14.7. The molecule has 0 atom stereocenters. The third-order valence-electron chi connectivity index (χ3n) is 2.51. The highest BCUT2D eigenvalue weighted by Gasteiger charge is 2.20. The topological polar surface area (TPSA) is 112 Å². The summed E-state index contributed by atoms with van der Waals surface area (Å²) in [7, 11) is 1.79. The van der Waals surface area contributed by atoms with Crippen molar-refractivity contribution in [2.24, 2.45) is 7.05 Å². The lowest BCUT2D eigenvalue weighted by Gasteiger charge is -2.05. The van der Waals surface area contributed by atoms with E-state index in [1.165, 1.54) is 6.20 Å². The minimum absolute atomic E-state index is 0.155. The number of hydrogen-bond acceptors (Lipinski definition) is 8. The predicted molar refractivity (Wildman–Crippen MR) is 72.7 cm³/mol. The first-order valence-electron chi connectivity index (χ1n) is 5.82. The maximum absolute atomic E-state index is 11.0. The van der Waals surface area contributed by atoms with Gasteiger partial charge in [0.25, 0.3) is 0 Å². The van der Waals surface area contributed by atoms with Gasteiger partial charge in [-0.15, -0.1) is 10.2 Å². The summed E-state index contributed by atoms with van der Waals surface area (Å²) in [5.41, 5.74) is -0.155. The number of nitro groups is 1. The highest BCUT2D eigenvalue weighted by molar-refractivity contribution is 7.99. The fourth-order valence-corrected chi connectivity index (χ4v) is 2.25. The van der Waals surface area contributed by atoms with Crippen molar-refractivity contribution in [1.82, 2.24) is 24.7 Å². The molecule has 0 saturated heterocycles. The lowest BCUT2D eigenvalue weighted by molar-refractivity contribution is -0.388. The van der Waals surface area contributed by atoms with Crippen LogP contribution in [-0.4, -0.2) is 36.2 Å². The highest BCUT2D eigenvalue weighted by atomic mass is 32.2. The Bertz CT molecular complexity index is 643. The standard InChI is InChI=1S/C10H13N7O2S/c1-4-11-9-12-5-7(17(18)19)8(13-9)20-10-15-14-6(2)16(10)3/h5H,4H2,1-3H3,(H,11,12,13). The molecule has 0 radical (unpaired) electrons. The second-order valence-electron chi connectivity index (χ2n) is 3.86. The molecule has 0 spiro atoms. The van der Waals surface area contributed by atoms with Crippen molar-refractivity contribution in [3.8, 4) is 0 Å². The SMILES string of the molecule is CCNc1ncc([N+](=O)[O-])c(Sc2nnc(C)n2C)n1. The van der Waals surface area contributed by atoms with Crippen molar-refractivity contribution in [1.29, 1.82) is 0 Å². The summed E-state index contributed by atoms with van der Waals surface area (Å²) in [5, 5.41) is 22.6. The second-order valence-corrected chi connectivity index (χ2v) is 4.82.